The number of nitrogens with one attached hydrogen (secondary N) is 1. The molecule has 2 heterocycles. The first-order valence-electron chi connectivity index (χ1n) is 6.96. The molecule has 2 atom stereocenters. The molecular formula is C15H23NS2. The average Bonchev–Trinajstić information content (AvgIpc) is 2.90. The molecule has 18 heavy (non-hydrogen) atoms. The molecule has 0 amide bonds. The van der Waals surface area contributed by atoms with Crippen molar-refractivity contribution in [3.63, 3.8) is 0 Å². The Morgan fingerprint density at radius 3 is 2.72 bits per heavy atom. The molecule has 1 nitrogen and oxygen atoms in total. The summed E-state index contributed by atoms with van der Waals surface area (Å²) in [4.78, 5) is 1.52. The summed E-state index contributed by atoms with van der Waals surface area (Å²) in [5.41, 5.74) is 0. The van der Waals surface area contributed by atoms with Gasteiger partial charge in [0.05, 0.1) is 0 Å². The van der Waals surface area contributed by atoms with E-state index in [0.29, 0.717) is 12.0 Å². The van der Waals surface area contributed by atoms with Crippen LogP contribution >= 0.6 is 22.7 Å². The van der Waals surface area contributed by atoms with Crippen molar-refractivity contribution < 1.29 is 0 Å². The summed E-state index contributed by atoms with van der Waals surface area (Å²) in [6.45, 7) is 8.01. The van der Waals surface area contributed by atoms with Crippen LogP contribution in [-0.4, -0.2) is 6.54 Å². The highest BCUT2D eigenvalue weighted by Crippen LogP contribution is 2.36. The van der Waals surface area contributed by atoms with Gasteiger partial charge in [0, 0.05) is 20.3 Å². The maximum absolute atomic E-state index is 3.74. The van der Waals surface area contributed by atoms with Gasteiger partial charge in [-0.05, 0) is 42.8 Å². The van der Waals surface area contributed by atoms with Crippen molar-refractivity contribution in [3.8, 4) is 0 Å². The fraction of sp³-hybridized carbons (Fsp3) is 0.600. The normalized spacial score (nSPS) is 15.1. The molecule has 3 heteroatoms. The lowest BCUT2D eigenvalue weighted by molar-refractivity contribution is 0.368. The van der Waals surface area contributed by atoms with Gasteiger partial charge in [-0.15, -0.1) is 22.7 Å². The van der Waals surface area contributed by atoms with E-state index in [1.54, 1.807) is 0 Å². The van der Waals surface area contributed by atoms with Crippen LogP contribution in [0.5, 0.6) is 0 Å². The second kappa shape index (κ2) is 6.69. The standard InChI is InChI=1S/C15H23NS2/c1-4-6-11(3)15(16-8-5-2)14-10-13-12(18-14)7-9-17-13/h7,9-11,15-16H,4-6,8H2,1-3H3. The van der Waals surface area contributed by atoms with Crippen molar-refractivity contribution in [3.05, 3.63) is 22.4 Å². The zero-order valence-electron chi connectivity index (χ0n) is 11.5. The molecule has 0 aliphatic heterocycles. The summed E-state index contributed by atoms with van der Waals surface area (Å²) in [6.07, 6.45) is 3.77. The molecule has 0 radical (unpaired) electrons. The zero-order chi connectivity index (χ0) is 13.0. The Morgan fingerprint density at radius 2 is 2.06 bits per heavy atom. The van der Waals surface area contributed by atoms with Crippen LogP contribution in [0.1, 0.15) is 51.0 Å². The molecule has 0 bridgehead atoms. The minimum absolute atomic E-state index is 0.537. The summed E-state index contributed by atoms with van der Waals surface area (Å²) >= 11 is 3.82. The van der Waals surface area contributed by atoms with Crippen LogP contribution in [0.25, 0.3) is 9.40 Å². The van der Waals surface area contributed by atoms with E-state index in [4.69, 9.17) is 0 Å². The zero-order valence-corrected chi connectivity index (χ0v) is 13.2. The van der Waals surface area contributed by atoms with E-state index in [9.17, 15) is 0 Å². The Morgan fingerprint density at radius 1 is 1.22 bits per heavy atom. The third-order valence-electron chi connectivity index (χ3n) is 3.39. The molecule has 2 rings (SSSR count). The smallest absolute Gasteiger partial charge is 0.0454 e. The summed E-state index contributed by atoms with van der Waals surface area (Å²) in [6, 6.07) is 5.18. The van der Waals surface area contributed by atoms with Crippen LogP contribution in [0.3, 0.4) is 0 Å². The lowest BCUT2D eigenvalue weighted by Crippen LogP contribution is -2.27. The lowest BCUT2D eigenvalue weighted by atomic mass is 9.95. The van der Waals surface area contributed by atoms with Crippen LogP contribution in [0.4, 0.5) is 0 Å². The van der Waals surface area contributed by atoms with Gasteiger partial charge in [-0.3, -0.25) is 0 Å². The first kappa shape index (κ1) is 14.0. The predicted molar refractivity (Wildman–Crippen MR) is 84.8 cm³/mol. The number of thiophene rings is 2. The Labute approximate surface area is 118 Å². The Kier molecular flexibility index (Phi) is 5.22. The molecule has 0 saturated carbocycles. The molecule has 0 saturated heterocycles. The molecule has 2 unspecified atom stereocenters. The Hall–Kier alpha value is -0.380. The van der Waals surface area contributed by atoms with E-state index in [1.165, 1.54) is 33.5 Å². The van der Waals surface area contributed by atoms with Gasteiger partial charge < -0.3 is 5.32 Å². The fourth-order valence-electron chi connectivity index (χ4n) is 2.44. The third-order valence-corrected chi connectivity index (χ3v) is 5.57. The van der Waals surface area contributed by atoms with E-state index < -0.39 is 0 Å². The summed E-state index contributed by atoms with van der Waals surface area (Å²) in [7, 11) is 0. The van der Waals surface area contributed by atoms with Crippen LogP contribution in [0.15, 0.2) is 17.5 Å². The molecular weight excluding hydrogens is 258 g/mol. The summed E-state index contributed by atoms with van der Waals surface area (Å²) < 4.78 is 2.89. The van der Waals surface area contributed by atoms with Gasteiger partial charge in [-0.1, -0.05) is 27.2 Å². The summed E-state index contributed by atoms with van der Waals surface area (Å²) in [5, 5.41) is 5.93. The van der Waals surface area contributed by atoms with Gasteiger partial charge in [0.15, 0.2) is 0 Å². The molecule has 0 fully saturated rings. The SMILES string of the molecule is CCCNC(c1cc2sccc2s1)C(C)CCC. The van der Waals surface area contributed by atoms with Crippen molar-refractivity contribution in [2.24, 2.45) is 5.92 Å². The molecule has 0 aromatic carbocycles. The van der Waals surface area contributed by atoms with Crippen LogP contribution in [0, 0.1) is 5.92 Å². The third kappa shape index (κ3) is 3.14. The van der Waals surface area contributed by atoms with E-state index in [1.807, 2.05) is 22.7 Å². The molecule has 0 aliphatic rings. The van der Waals surface area contributed by atoms with Gasteiger partial charge in [-0.25, -0.2) is 0 Å². The highest BCUT2D eigenvalue weighted by Gasteiger charge is 2.20. The Bertz CT molecular complexity index is 443. The van der Waals surface area contributed by atoms with Crippen LogP contribution < -0.4 is 5.32 Å². The minimum atomic E-state index is 0.537. The topological polar surface area (TPSA) is 12.0 Å². The lowest BCUT2D eigenvalue weighted by Gasteiger charge is -2.24. The largest absolute Gasteiger partial charge is 0.309 e. The van der Waals surface area contributed by atoms with E-state index in [2.05, 4.69) is 43.6 Å². The number of fused-ring (bicyclic) bond motifs is 1. The molecule has 0 spiro atoms. The van der Waals surface area contributed by atoms with E-state index in [0.717, 1.165) is 6.54 Å². The van der Waals surface area contributed by atoms with Gasteiger partial charge in [0.25, 0.3) is 0 Å². The highest BCUT2D eigenvalue weighted by molar-refractivity contribution is 7.26. The van der Waals surface area contributed by atoms with Crippen LogP contribution in [-0.2, 0) is 0 Å². The Balaban J connectivity index is 2.18. The maximum atomic E-state index is 3.74. The number of hydrogen-bond acceptors (Lipinski definition) is 3. The van der Waals surface area contributed by atoms with E-state index in [-0.39, 0.29) is 0 Å². The van der Waals surface area contributed by atoms with Crippen molar-refractivity contribution in [2.45, 2.75) is 46.1 Å². The molecule has 1 N–H and O–H groups in total. The van der Waals surface area contributed by atoms with Gasteiger partial charge in [-0.2, -0.15) is 0 Å². The predicted octanol–water partition coefficient (Wildman–Crippen LogP) is 5.44. The van der Waals surface area contributed by atoms with Crippen molar-refractivity contribution in [1.82, 2.24) is 5.32 Å². The first-order valence-corrected chi connectivity index (χ1v) is 8.66. The minimum Gasteiger partial charge on any atom is -0.309 e. The number of hydrogen-bond donors (Lipinski definition) is 1. The summed E-state index contributed by atoms with van der Waals surface area (Å²) in [5.74, 6) is 0.717. The van der Waals surface area contributed by atoms with Gasteiger partial charge in [0.2, 0.25) is 0 Å². The molecule has 2 aromatic rings. The first-order chi connectivity index (χ1) is 8.76. The maximum Gasteiger partial charge on any atom is 0.0454 e. The second-order valence-electron chi connectivity index (χ2n) is 5.00. The average molecular weight is 281 g/mol. The quantitative estimate of drug-likeness (QED) is 0.712. The second-order valence-corrected chi connectivity index (χ2v) is 7.06. The highest BCUT2D eigenvalue weighted by atomic mass is 32.1. The van der Waals surface area contributed by atoms with Gasteiger partial charge >= 0.3 is 0 Å². The fourth-order valence-corrected chi connectivity index (χ4v) is 4.77. The molecule has 2 aromatic heterocycles. The van der Waals surface area contributed by atoms with Crippen LogP contribution in [0.2, 0.25) is 0 Å². The van der Waals surface area contributed by atoms with Crippen molar-refractivity contribution >= 4 is 32.1 Å². The van der Waals surface area contributed by atoms with E-state index >= 15 is 0 Å². The number of rotatable bonds is 7. The van der Waals surface area contributed by atoms with Crippen molar-refractivity contribution in [1.29, 1.82) is 0 Å². The monoisotopic (exact) mass is 281 g/mol. The van der Waals surface area contributed by atoms with Gasteiger partial charge in [0.1, 0.15) is 0 Å². The molecule has 100 valence electrons. The molecule has 0 aliphatic carbocycles. The van der Waals surface area contributed by atoms with Crippen molar-refractivity contribution in [2.75, 3.05) is 6.54 Å².